The Balaban J connectivity index is 3.06. The van der Waals surface area contributed by atoms with Crippen molar-refractivity contribution >= 4 is 0 Å². The highest BCUT2D eigenvalue weighted by atomic mass is 16.3. The fourth-order valence-corrected chi connectivity index (χ4v) is 2.39. The lowest BCUT2D eigenvalue weighted by atomic mass is 9.79. The quantitative estimate of drug-likeness (QED) is 0.793. The van der Waals surface area contributed by atoms with E-state index in [2.05, 4.69) is 31.7 Å². The zero-order chi connectivity index (χ0) is 14.5. The van der Waals surface area contributed by atoms with Crippen LogP contribution in [0.3, 0.4) is 0 Å². The minimum atomic E-state index is -0.803. The van der Waals surface area contributed by atoms with Crippen molar-refractivity contribution in [3.05, 3.63) is 47.5 Å². The summed E-state index contributed by atoms with van der Waals surface area (Å²) in [4.78, 5) is 2.13. The van der Waals surface area contributed by atoms with Gasteiger partial charge in [-0.2, -0.15) is 0 Å². The number of nitrogens with zero attached hydrogens (tertiary/aromatic N) is 1. The number of benzene rings is 1. The van der Waals surface area contributed by atoms with Crippen LogP contribution in [-0.4, -0.2) is 30.6 Å². The lowest BCUT2D eigenvalue weighted by molar-refractivity contribution is -0.0232. The highest BCUT2D eigenvalue weighted by Crippen LogP contribution is 2.34. The van der Waals surface area contributed by atoms with Gasteiger partial charge in [0.2, 0.25) is 0 Å². The van der Waals surface area contributed by atoms with Crippen molar-refractivity contribution in [1.82, 2.24) is 4.90 Å². The summed E-state index contributed by atoms with van der Waals surface area (Å²) in [5, 5.41) is 11.2. The Morgan fingerprint density at radius 1 is 1.26 bits per heavy atom. The van der Waals surface area contributed by atoms with Crippen LogP contribution in [0.1, 0.15) is 32.8 Å². The molecule has 0 amide bonds. The molecule has 0 radical (unpaired) electrons. The SMILES string of the molecule is CC(C)=CCC(O)(c1ccccc1)C(C)CN(C)C. The fourth-order valence-electron chi connectivity index (χ4n) is 2.39. The number of rotatable bonds is 6. The van der Waals surface area contributed by atoms with Crippen molar-refractivity contribution in [3.63, 3.8) is 0 Å². The fraction of sp³-hybridized carbons (Fsp3) is 0.529. The second-order valence-electron chi connectivity index (χ2n) is 5.94. The van der Waals surface area contributed by atoms with Crippen molar-refractivity contribution in [2.24, 2.45) is 5.92 Å². The van der Waals surface area contributed by atoms with Gasteiger partial charge in [0.1, 0.15) is 0 Å². The van der Waals surface area contributed by atoms with Gasteiger partial charge in [-0.1, -0.05) is 48.9 Å². The summed E-state index contributed by atoms with van der Waals surface area (Å²) in [6, 6.07) is 10.0. The van der Waals surface area contributed by atoms with E-state index in [0.717, 1.165) is 12.1 Å². The first-order valence-corrected chi connectivity index (χ1v) is 6.92. The Labute approximate surface area is 117 Å². The Morgan fingerprint density at radius 2 is 1.84 bits per heavy atom. The van der Waals surface area contributed by atoms with Crippen LogP contribution in [0.4, 0.5) is 0 Å². The van der Waals surface area contributed by atoms with Crippen LogP contribution >= 0.6 is 0 Å². The van der Waals surface area contributed by atoms with Gasteiger partial charge in [-0.15, -0.1) is 0 Å². The topological polar surface area (TPSA) is 23.5 Å². The molecule has 106 valence electrons. The summed E-state index contributed by atoms with van der Waals surface area (Å²) in [5.41, 5.74) is 1.44. The van der Waals surface area contributed by atoms with E-state index < -0.39 is 5.60 Å². The maximum atomic E-state index is 11.2. The van der Waals surface area contributed by atoms with E-state index in [4.69, 9.17) is 0 Å². The summed E-state index contributed by atoms with van der Waals surface area (Å²) in [6.07, 6.45) is 2.79. The number of hydrogen-bond acceptors (Lipinski definition) is 2. The van der Waals surface area contributed by atoms with Crippen LogP contribution in [0.25, 0.3) is 0 Å². The second kappa shape index (κ2) is 6.88. The molecule has 0 bridgehead atoms. The Hall–Kier alpha value is -1.12. The third kappa shape index (κ3) is 4.48. The minimum Gasteiger partial charge on any atom is -0.385 e. The maximum absolute atomic E-state index is 11.2. The number of aliphatic hydroxyl groups is 1. The van der Waals surface area contributed by atoms with Crippen molar-refractivity contribution in [2.75, 3.05) is 20.6 Å². The molecule has 0 saturated carbocycles. The van der Waals surface area contributed by atoms with Crippen LogP contribution in [0.15, 0.2) is 42.0 Å². The van der Waals surface area contributed by atoms with E-state index in [-0.39, 0.29) is 5.92 Å². The number of allylic oxidation sites excluding steroid dienone is 1. The van der Waals surface area contributed by atoms with Gasteiger partial charge in [0.05, 0.1) is 5.60 Å². The first kappa shape index (κ1) is 15.9. The predicted octanol–water partition coefficient (Wildman–Crippen LogP) is 3.43. The first-order valence-electron chi connectivity index (χ1n) is 6.92. The van der Waals surface area contributed by atoms with E-state index >= 15 is 0 Å². The van der Waals surface area contributed by atoms with Gasteiger partial charge < -0.3 is 10.0 Å². The predicted molar refractivity (Wildman–Crippen MR) is 82.1 cm³/mol. The molecule has 0 aliphatic carbocycles. The van der Waals surface area contributed by atoms with E-state index in [1.165, 1.54) is 5.57 Å². The maximum Gasteiger partial charge on any atom is 0.0968 e. The normalized spacial score (nSPS) is 15.9. The molecule has 1 aromatic carbocycles. The van der Waals surface area contributed by atoms with Gasteiger partial charge >= 0.3 is 0 Å². The molecular weight excluding hydrogens is 234 g/mol. The standard InChI is InChI=1S/C17H27NO/c1-14(2)11-12-17(19,15(3)13-18(4)5)16-9-7-6-8-10-16/h6-11,15,19H,12-13H2,1-5H3. The monoisotopic (exact) mass is 261 g/mol. The van der Waals surface area contributed by atoms with Crippen LogP contribution in [0.5, 0.6) is 0 Å². The molecule has 0 aromatic heterocycles. The molecule has 2 nitrogen and oxygen atoms in total. The minimum absolute atomic E-state index is 0.167. The lowest BCUT2D eigenvalue weighted by Gasteiger charge is -2.35. The van der Waals surface area contributed by atoms with Gasteiger partial charge in [0.15, 0.2) is 0 Å². The Morgan fingerprint density at radius 3 is 2.32 bits per heavy atom. The van der Waals surface area contributed by atoms with Gasteiger partial charge in [-0.3, -0.25) is 0 Å². The first-order chi connectivity index (χ1) is 8.86. The summed E-state index contributed by atoms with van der Waals surface area (Å²) < 4.78 is 0. The summed E-state index contributed by atoms with van der Waals surface area (Å²) in [6.45, 7) is 7.12. The highest BCUT2D eigenvalue weighted by molar-refractivity contribution is 5.24. The average molecular weight is 261 g/mol. The van der Waals surface area contributed by atoms with Crippen LogP contribution in [0.2, 0.25) is 0 Å². The zero-order valence-electron chi connectivity index (χ0n) is 12.9. The highest BCUT2D eigenvalue weighted by Gasteiger charge is 2.34. The second-order valence-corrected chi connectivity index (χ2v) is 5.94. The van der Waals surface area contributed by atoms with Gasteiger partial charge in [0.25, 0.3) is 0 Å². The molecule has 19 heavy (non-hydrogen) atoms. The Bertz CT molecular complexity index is 407. The zero-order valence-corrected chi connectivity index (χ0v) is 12.9. The molecule has 1 rings (SSSR count). The van der Waals surface area contributed by atoms with Gasteiger partial charge in [-0.05, 0) is 39.9 Å². The average Bonchev–Trinajstić information content (AvgIpc) is 2.36. The molecule has 0 spiro atoms. The van der Waals surface area contributed by atoms with E-state index in [1.807, 2.05) is 44.4 Å². The van der Waals surface area contributed by atoms with Crippen molar-refractivity contribution in [2.45, 2.75) is 32.8 Å². The van der Waals surface area contributed by atoms with Gasteiger partial charge in [-0.25, -0.2) is 0 Å². The van der Waals surface area contributed by atoms with Crippen molar-refractivity contribution < 1.29 is 5.11 Å². The molecule has 2 atom stereocenters. The van der Waals surface area contributed by atoms with Crippen molar-refractivity contribution in [3.8, 4) is 0 Å². The molecule has 0 fully saturated rings. The summed E-state index contributed by atoms with van der Waals surface area (Å²) in [7, 11) is 4.09. The summed E-state index contributed by atoms with van der Waals surface area (Å²) >= 11 is 0. The van der Waals surface area contributed by atoms with Gasteiger partial charge in [0, 0.05) is 12.5 Å². The lowest BCUT2D eigenvalue weighted by Crippen LogP contribution is -2.38. The number of hydrogen-bond donors (Lipinski definition) is 1. The summed E-state index contributed by atoms with van der Waals surface area (Å²) in [5.74, 6) is 0.167. The van der Waals surface area contributed by atoms with Crippen LogP contribution in [-0.2, 0) is 5.60 Å². The molecular formula is C17H27NO. The molecule has 0 saturated heterocycles. The molecule has 2 heteroatoms. The van der Waals surface area contributed by atoms with Crippen LogP contribution in [0, 0.1) is 5.92 Å². The largest absolute Gasteiger partial charge is 0.385 e. The van der Waals surface area contributed by atoms with E-state index in [9.17, 15) is 5.11 Å². The van der Waals surface area contributed by atoms with Crippen LogP contribution < -0.4 is 0 Å². The van der Waals surface area contributed by atoms with E-state index in [0.29, 0.717) is 6.42 Å². The molecule has 0 aliphatic heterocycles. The molecule has 0 heterocycles. The third-order valence-corrected chi connectivity index (χ3v) is 3.55. The molecule has 0 aliphatic rings. The van der Waals surface area contributed by atoms with Crippen molar-refractivity contribution in [1.29, 1.82) is 0 Å². The molecule has 2 unspecified atom stereocenters. The molecule has 1 aromatic rings. The molecule has 1 N–H and O–H groups in total. The third-order valence-electron chi connectivity index (χ3n) is 3.55. The van der Waals surface area contributed by atoms with E-state index in [1.54, 1.807) is 0 Å². The Kier molecular flexibility index (Phi) is 5.77. The smallest absolute Gasteiger partial charge is 0.0968 e.